The fourth-order valence-corrected chi connectivity index (χ4v) is 0.788. The second-order valence-corrected chi connectivity index (χ2v) is 3.27. The number of rotatable bonds is 2. The largest absolute Gasteiger partial charge is 0.340 e. The minimum Gasteiger partial charge on any atom is -0.330 e. The van der Waals surface area contributed by atoms with Gasteiger partial charge in [0.15, 0.2) is 0 Å². The van der Waals surface area contributed by atoms with Gasteiger partial charge < -0.3 is 10.6 Å². The molecule has 0 amide bonds. The lowest BCUT2D eigenvalue weighted by Gasteiger charge is -2.19. The molecule has 4 nitrogen and oxygen atoms in total. The van der Waals surface area contributed by atoms with E-state index in [1.807, 2.05) is 13.8 Å². The Morgan fingerprint density at radius 3 is 2.73 bits per heavy atom. The molecular formula is C7H12N2O2. The molecule has 0 fully saturated rings. The summed E-state index contributed by atoms with van der Waals surface area (Å²) in [5, 5.41) is 3.65. The van der Waals surface area contributed by atoms with E-state index in [1.54, 1.807) is 0 Å². The van der Waals surface area contributed by atoms with Crippen LogP contribution in [0.15, 0.2) is 5.16 Å². The predicted molar refractivity (Wildman–Crippen MR) is 41.0 cm³/mol. The van der Waals surface area contributed by atoms with Gasteiger partial charge in [0.2, 0.25) is 0 Å². The molecule has 1 heterocycles. The van der Waals surface area contributed by atoms with Crippen LogP contribution < -0.4 is 5.73 Å². The maximum absolute atomic E-state index is 10.6. The van der Waals surface area contributed by atoms with Crippen molar-refractivity contribution >= 4 is 11.7 Å². The average Bonchev–Trinajstić information content (AvgIpc) is 2.36. The second-order valence-electron chi connectivity index (χ2n) is 3.27. The van der Waals surface area contributed by atoms with Crippen LogP contribution in [-0.2, 0) is 9.63 Å². The summed E-state index contributed by atoms with van der Waals surface area (Å²) in [5.74, 6) is -0.290. The molecule has 0 saturated heterocycles. The lowest BCUT2D eigenvalue weighted by Crippen LogP contribution is -2.32. The van der Waals surface area contributed by atoms with Gasteiger partial charge >= 0.3 is 5.97 Å². The Hall–Kier alpha value is -0.900. The topological polar surface area (TPSA) is 64.7 Å². The molecule has 0 saturated carbocycles. The third-order valence-corrected chi connectivity index (χ3v) is 1.86. The van der Waals surface area contributed by atoms with Crippen molar-refractivity contribution in [2.75, 3.05) is 6.54 Å². The Morgan fingerprint density at radius 2 is 2.36 bits per heavy atom. The highest BCUT2D eigenvalue weighted by molar-refractivity contribution is 6.04. The third kappa shape index (κ3) is 1.57. The van der Waals surface area contributed by atoms with Crippen LogP contribution in [0.2, 0.25) is 0 Å². The fraction of sp³-hybridized carbons (Fsp3) is 0.714. The molecule has 1 aliphatic rings. The van der Waals surface area contributed by atoms with Crippen LogP contribution in [0.3, 0.4) is 0 Å². The van der Waals surface area contributed by atoms with Crippen LogP contribution in [0, 0.1) is 5.41 Å². The monoisotopic (exact) mass is 156 g/mol. The van der Waals surface area contributed by atoms with Crippen LogP contribution in [0.1, 0.15) is 20.3 Å². The van der Waals surface area contributed by atoms with E-state index in [-0.39, 0.29) is 17.8 Å². The second kappa shape index (κ2) is 2.62. The number of oxime groups is 1. The molecule has 0 spiro atoms. The van der Waals surface area contributed by atoms with Crippen LogP contribution >= 0.6 is 0 Å². The fourth-order valence-electron chi connectivity index (χ4n) is 0.788. The SMILES string of the molecule is CC(C)(CN)C1=NOC(=O)C1. The van der Waals surface area contributed by atoms with Crippen molar-refractivity contribution in [2.45, 2.75) is 20.3 Å². The standard InChI is InChI=1S/C7H12N2O2/c1-7(2,4-8)5-3-6(10)11-9-5/h3-4,8H2,1-2H3. The Balaban J connectivity index is 2.69. The van der Waals surface area contributed by atoms with Gasteiger partial charge in [-0.05, 0) is 0 Å². The predicted octanol–water partition coefficient (Wildman–Crippen LogP) is 0.274. The van der Waals surface area contributed by atoms with Gasteiger partial charge in [-0.25, -0.2) is 4.79 Å². The molecule has 0 unspecified atom stereocenters. The van der Waals surface area contributed by atoms with Crippen molar-refractivity contribution in [1.29, 1.82) is 0 Å². The zero-order valence-electron chi connectivity index (χ0n) is 6.76. The quantitative estimate of drug-likeness (QED) is 0.584. The lowest BCUT2D eigenvalue weighted by molar-refractivity contribution is -0.140. The number of hydrogen-bond acceptors (Lipinski definition) is 4. The van der Waals surface area contributed by atoms with Gasteiger partial charge in [0.05, 0.1) is 12.1 Å². The molecule has 2 N–H and O–H groups in total. The number of carbonyl (C=O) groups excluding carboxylic acids is 1. The van der Waals surface area contributed by atoms with Gasteiger partial charge in [-0.2, -0.15) is 0 Å². The van der Waals surface area contributed by atoms with Gasteiger partial charge in [0, 0.05) is 12.0 Å². The molecule has 0 aliphatic carbocycles. The van der Waals surface area contributed by atoms with Gasteiger partial charge in [0.1, 0.15) is 0 Å². The minimum atomic E-state index is -0.290. The molecule has 11 heavy (non-hydrogen) atoms. The molecule has 4 heteroatoms. The zero-order chi connectivity index (χ0) is 8.48. The van der Waals surface area contributed by atoms with E-state index in [9.17, 15) is 4.79 Å². The summed E-state index contributed by atoms with van der Waals surface area (Å²) < 4.78 is 0. The lowest BCUT2D eigenvalue weighted by atomic mass is 9.86. The Labute approximate surface area is 65.4 Å². The molecule has 0 aromatic carbocycles. The van der Waals surface area contributed by atoms with Crippen molar-refractivity contribution in [2.24, 2.45) is 16.3 Å². The normalized spacial score (nSPS) is 18.1. The maximum atomic E-state index is 10.6. The first-order valence-electron chi connectivity index (χ1n) is 3.53. The summed E-state index contributed by atoms with van der Waals surface area (Å²) in [6.45, 7) is 4.35. The van der Waals surface area contributed by atoms with Gasteiger partial charge in [-0.1, -0.05) is 19.0 Å². The van der Waals surface area contributed by atoms with Crippen molar-refractivity contribution in [3.8, 4) is 0 Å². The van der Waals surface area contributed by atoms with Gasteiger partial charge in [0.25, 0.3) is 0 Å². The number of hydrogen-bond donors (Lipinski definition) is 1. The molecule has 1 rings (SSSR count). The van der Waals surface area contributed by atoms with E-state index in [0.29, 0.717) is 6.54 Å². The first-order chi connectivity index (χ1) is 5.06. The van der Waals surface area contributed by atoms with Crippen molar-refractivity contribution in [3.05, 3.63) is 0 Å². The first kappa shape index (κ1) is 8.20. The van der Waals surface area contributed by atoms with Crippen LogP contribution in [0.25, 0.3) is 0 Å². The number of nitrogens with zero attached hydrogens (tertiary/aromatic N) is 1. The highest BCUT2D eigenvalue weighted by Gasteiger charge is 2.30. The molecule has 0 atom stereocenters. The molecule has 0 bridgehead atoms. The van der Waals surface area contributed by atoms with E-state index in [0.717, 1.165) is 5.71 Å². The van der Waals surface area contributed by atoms with Crippen LogP contribution in [0.5, 0.6) is 0 Å². The van der Waals surface area contributed by atoms with E-state index in [1.165, 1.54) is 0 Å². The van der Waals surface area contributed by atoms with Gasteiger partial charge in [-0.3, -0.25) is 0 Å². The van der Waals surface area contributed by atoms with Crippen LogP contribution in [0.4, 0.5) is 0 Å². The third-order valence-electron chi connectivity index (χ3n) is 1.86. The van der Waals surface area contributed by atoms with Crippen molar-refractivity contribution in [3.63, 3.8) is 0 Å². The summed E-state index contributed by atoms with van der Waals surface area (Å²) in [7, 11) is 0. The van der Waals surface area contributed by atoms with Crippen molar-refractivity contribution < 1.29 is 9.63 Å². The molecular weight excluding hydrogens is 144 g/mol. The molecule has 0 aromatic rings. The summed E-state index contributed by atoms with van der Waals surface area (Å²) in [4.78, 5) is 15.1. The number of nitrogens with two attached hydrogens (primary N) is 1. The zero-order valence-corrected chi connectivity index (χ0v) is 6.76. The Kier molecular flexibility index (Phi) is 1.95. The summed E-state index contributed by atoms with van der Waals surface area (Å²) >= 11 is 0. The minimum absolute atomic E-state index is 0.216. The van der Waals surface area contributed by atoms with E-state index in [4.69, 9.17) is 5.73 Å². The smallest absolute Gasteiger partial charge is 0.330 e. The summed E-state index contributed by atoms with van der Waals surface area (Å²) in [5.41, 5.74) is 6.01. The average molecular weight is 156 g/mol. The Morgan fingerprint density at radius 1 is 1.73 bits per heavy atom. The molecule has 1 aliphatic heterocycles. The highest BCUT2D eigenvalue weighted by atomic mass is 16.7. The van der Waals surface area contributed by atoms with E-state index >= 15 is 0 Å². The summed E-state index contributed by atoms with van der Waals surface area (Å²) in [6.07, 6.45) is 0.282. The van der Waals surface area contributed by atoms with Crippen LogP contribution in [-0.4, -0.2) is 18.2 Å². The first-order valence-corrected chi connectivity index (χ1v) is 3.53. The maximum Gasteiger partial charge on any atom is 0.340 e. The number of carbonyl (C=O) groups is 1. The molecule has 0 radical (unpaired) electrons. The molecule has 0 aromatic heterocycles. The van der Waals surface area contributed by atoms with Crippen molar-refractivity contribution in [1.82, 2.24) is 0 Å². The van der Waals surface area contributed by atoms with E-state index in [2.05, 4.69) is 9.99 Å². The highest BCUT2D eigenvalue weighted by Crippen LogP contribution is 2.21. The van der Waals surface area contributed by atoms with E-state index < -0.39 is 0 Å². The Bertz CT molecular complexity index is 208. The molecule has 62 valence electrons. The summed E-state index contributed by atoms with van der Waals surface area (Å²) in [6, 6.07) is 0. The van der Waals surface area contributed by atoms with Gasteiger partial charge in [-0.15, -0.1) is 0 Å².